The fourth-order valence-corrected chi connectivity index (χ4v) is 4.93. The van der Waals surface area contributed by atoms with Gasteiger partial charge in [-0.15, -0.1) is 0 Å². The summed E-state index contributed by atoms with van der Waals surface area (Å²) < 4.78 is 13.2. The quantitative estimate of drug-likeness (QED) is 0.340. The number of benzene rings is 1. The van der Waals surface area contributed by atoms with Gasteiger partial charge in [0.25, 0.3) is 0 Å². The summed E-state index contributed by atoms with van der Waals surface area (Å²) in [5.41, 5.74) is 2.85. The summed E-state index contributed by atoms with van der Waals surface area (Å²) in [5.74, 6) is 1.37. The third-order valence-corrected chi connectivity index (χ3v) is 7.17. The van der Waals surface area contributed by atoms with Crippen molar-refractivity contribution in [2.24, 2.45) is 5.92 Å². The zero-order chi connectivity index (χ0) is 20.5. The largest absolute Gasteiger partial charge is 0.508 e. The fourth-order valence-electron chi connectivity index (χ4n) is 4.63. The minimum atomic E-state index is -0.341. The van der Waals surface area contributed by atoms with E-state index >= 15 is 0 Å². The maximum Gasteiger partial charge on any atom is 0.220 e. The molecule has 1 heterocycles. The molecule has 0 saturated carbocycles. The lowest BCUT2D eigenvalue weighted by atomic mass is 9.65. The van der Waals surface area contributed by atoms with Crippen LogP contribution in [0.4, 0.5) is 0 Å². The van der Waals surface area contributed by atoms with Gasteiger partial charge in [-0.25, -0.2) is 0 Å². The Hall–Kier alpha value is -1.20. The average Bonchev–Trinajstić information content (AvgIpc) is 2.63. The summed E-state index contributed by atoms with van der Waals surface area (Å²) in [6.45, 7) is 8.59. The molecule has 154 valence electrons. The molecule has 1 aliphatic carbocycles. The highest BCUT2D eigenvalue weighted by molar-refractivity contribution is 8.22. The molecule has 1 unspecified atom stereocenters. The smallest absolute Gasteiger partial charge is 0.220 e. The summed E-state index contributed by atoms with van der Waals surface area (Å²) in [7, 11) is 0. The van der Waals surface area contributed by atoms with E-state index < -0.39 is 0 Å². The lowest BCUT2D eigenvalue weighted by Crippen LogP contribution is -2.50. The van der Waals surface area contributed by atoms with E-state index in [1.54, 1.807) is 0 Å². The van der Waals surface area contributed by atoms with Crippen LogP contribution in [0.3, 0.4) is 0 Å². The van der Waals surface area contributed by atoms with Crippen LogP contribution in [0, 0.1) is 5.92 Å². The molecular weight excluding hydrogens is 388 g/mol. The molecular formula is C23H32O3S2. The van der Waals surface area contributed by atoms with Crippen LogP contribution < -0.4 is 4.74 Å². The Balaban J connectivity index is 2.04. The van der Waals surface area contributed by atoms with Crippen molar-refractivity contribution >= 4 is 28.4 Å². The van der Waals surface area contributed by atoms with Crippen LogP contribution in [0.15, 0.2) is 23.8 Å². The molecule has 0 radical (unpaired) electrons. The number of unbranched alkanes of at least 4 members (excludes halogenated alkanes) is 2. The Kier molecular flexibility index (Phi) is 6.65. The lowest BCUT2D eigenvalue weighted by molar-refractivity contribution is -0.0171. The van der Waals surface area contributed by atoms with Gasteiger partial charge in [0.15, 0.2) is 0 Å². The number of ether oxygens (including phenoxy) is 2. The van der Waals surface area contributed by atoms with Crippen molar-refractivity contribution in [3.63, 3.8) is 0 Å². The van der Waals surface area contributed by atoms with Gasteiger partial charge in [0.1, 0.15) is 23.2 Å². The SMILES string of the molecule is CCCCCc1cc(O)c2c(c1)OC(C)(C)[C@@H]1CC=C(C)C(OC(=S)SC)[C@@H]21. The number of hydrogen-bond acceptors (Lipinski definition) is 5. The predicted molar refractivity (Wildman–Crippen MR) is 122 cm³/mol. The summed E-state index contributed by atoms with van der Waals surface area (Å²) in [6, 6.07) is 4.05. The molecule has 28 heavy (non-hydrogen) atoms. The van der Waals surface area contributed by atoms with Crippen LogP contribution >= 0.6 is 24.0 Å². The Labute approximate surface area is 178 Å². The molecule has 0 fully saturated rings. The zero-order valence-corrected chi connectivity index (χ0v) is 19.2. The number of thiocarbonyl (C=S) groups is 1. The Morgan fingerprint density at radius 3 is 2.79 bits per heavy atom. The number of rotatable bonds is 5. The standard InChI is InChI=1S/C23H32O3S2/c1-6-7-8-9-15-12-17(24)20-18(13-15)26-23(3,4)16-11-10-14(2)21(19(16)20)25-22(27)28-5/h10,12-13,16,19,21,24H,6-9,11H2,1-5H3/t16-,19-,21?/m1/s1. The van der Waals surface area contributed by atoms with Crippen LogP contribution in [0.5, 0.6) is 11.5 Å². The number of aromatic hydroxyl groups is 1. The van der Waals surface area contributed by atoms with E-state index in [1.165, 1.54) is 30.2 Å². The summed E-state index contributed by atoms with van der Waals surface area (Å²) in [5, 5.41) is 11.0. The minimum absolute atomic E-state index is 0.0264. The number of thioether (sulfide) groups is 1. The van der Waals surface area contributed by atoms with Crippen molar-refractivity contribution in [2.45, 2.75) is 77.4 Å². The first-order chi connectivity index (χ1) is 13.3. The number of phenolic OH excluding ortho intramolecular Hbond substituents is 1. The molecule has 1 N–H and O–H groups in total. The number of aryl methyl sites for hydroxylation is 1. The second-order valence-electron chi connectivity index (χ2n) is 8.50. The van der Waals surface area contributed by atoms with Crippen molar-refractivity contribution in [3.8, 4) is 11.5 Å². The molecule has 0 spiro atoms. The van der Waals surface area contributed by atoms with Gasteiger partial charge in [-0.05, 0) is 81.8 Å². The van der Waals surface area contributed by atoms with E-state index in [9.17, 15) is 5.11 Å². The van der Waals surface area contributed by atoms with Crippen molar-refractivity contribution < 1.29 is 14.6 Å². The minimum Gasteiger partial charge on any atom is -0.508 e. The van der Waals surface area contributed by atoms with E-state index in [2.05, 4.69) is 39.8 Å². The van der Waals surface area contributed by atoms with E-state index in [0.717, 1.165) is 36.1 Å². The topological polar surface area (TPSA) is 38.7 Å². The highest BCUT2D eigenvalue weighted by atomic mass is 32.2. The first-order valence-electron chi connectivity index (χ1n) is 10.2. The Bertz CT molecular complexity index is 769. The van der Waals surface area contributed by atoms with Gasteiger partial charge in [0.05, 0.1) is 0 Å². The lowest BCUT2D eigenvalue weighted by Gasteiger charge is -2.49. The van der Waals surface area contributed by atoms with E-state index in [4.69, 9.17) is 21.7 Å². The fraction of sp³-hybridized carbons (Fsp3) is 0.609. The Morgan fingerprint density at radius 1 is 1.36 bits per heavy atom. The third-order valence-electron chi connectivity index (χ3n) is 6.14. The maximum atomic E-state index is 11.0. The molecule has 0 bridgehead atoms. The average molecular weight is 421 g/mol. The first-order valence-corrected chi connectivity index (χ1v) is 11.9. The van der Waals surface area contributed by atoms with Crippen LogP contribution in [-0.4, -0.2) is 27.4 Å². The van der Waals surface area contributed by atoms with Crippen molar-refractivity contribution in [1.29, 1.82) is 0 Å². The Morgan fingerprint density at radius 2 is 2.11 bits per heavy atom. The first kappa shape index (κ1) is 21.5. The second kappa shape index (κ2) is 8.66. The molecule has 1 aliphatic heterocycles. The van der Waals surface area contributed by atoms with Crippen LogP contribution in [0.1, 0.15) is 70.4 Å². The predicted octanol–water partition coefficient (Wildman–Crippen LogP) is 6.38. The van der Waals surface area contributed by atoms with E-state index in [1.807, 2.05) is 12.3 Å². The molecule has 0 amide bonds. The molecule has 2 aliphatic rings. The van der Waals surface area contributed by atoms with Crippen LogP contribution in [0.25, 0.3) is 0 Å². The number of phenols is 1. The van der Waals surface area contributed by atoms with Crippen molar-refractivity contribution in [3.05, 3.63) is 34.9 Å². The third kappa shape index (κ3) is 4.20. The monoisotopic (exact) mass is 420 g/mol. The molecule has 3 atom stereocenters. The molecule has 1 aromatic carbocycles. The van der Waals surface area contributed by atoms with Crippen molar-refractivity contribution in [2.75, 3.05) is 6.26 Å². The number of hydrogen-bond donors (Lipinski definition) is 1. The maximum absolute atomic E-state index is 11.0. The normalized spacial score (nSPS) is 25.2. The summed E-state index contributed by atoms with van der Waals surface area (Å²) in [4.78, 5) is 0. The van der Waals surface area contributed by atoms with Gasteiger partial charge in [-0.2, -0.15) is 0 Å². The molecule has 3 nitrogen and oxygen atoms in total. The summed E-state index contributed by atoms with van der Waals surface area (Å²) in [6.07, 6.45) is 9.38. The highest BCUT2D eigenvalue weighted by Gasteiger charge is 2.50. The number of allylic oxidation sites excluding steroid dienone is 1. The van der Waals surface area contributed by atoms with Gasteiger partial charge >= 0.3 is 0 Å². The molecule has 1 aromatic rings. The van der Waals surface area contributed by atoms with Gasteiger partial charge in [-0.3, -0.25) is 0 Å². The van der Waals surface area contributed by atoms with Gasteiger partial charge in [-0.1, -0.05) is 37.6 Å². The van der Waals surface area contributed by atoms with Crippen LogP contribution in [-0.2, 0) is 11.2 Å². The second-order valence-corrected chi connectivity index (χ2v) is 9.91. The van der Waals surface area contributed by atoms with Gasteiger partial charge in [0, 0.05) is 17.4 Å². The van der Waals surface area contributed by atoms with E-state index in [-0.39, 0.29) is 23.5 Å². The van der Waals surface area contributed by atoms with Gasteiger partial charge in [0.2, 0.25) is 4.38 Å². The molecule has 0 aromatic heterocycles. The van der Waals surface area contributed by atoms with Crippen molar-refractivity contribution in [1.82, 2.24) is 0 Å². The highest BCUT2D eigenvalue weighted by Crippen LogP contribution is 2.55. The van der Waals surface area contributed by atoms with Crippen LogP contribution in [0.2, 0.25) is 0 Å². The number of fused-ring (bicyclic) bond motifs is 3. The molecule has 3 rings (SSSR count). The zero-order valence-electron chi connectivity index (χ0n) is 17.6. The molecule has 0 saturated heterocycles. The van der Waals surface area contributed by atoms with Gasteiger partial charge < -0.3 is 14.6 Å². The van der Waals surface area contributed by atoms with E-state index in [0.29, 0.717) is 10.1 Å². The summed E-state index contributed by atoms with van der Waals surface area (Å²) >= 11 is 6.82. The molecule has 5 heteroatoms.